The summed E-state index contributed by atoms with van der Waals surface area (Å²) in [6.07, 6.45) is 1.52. The number of fused-ring (bicyclic) bond motifs is 1. The average Bonchev–Trinajstić information content (AvgIpc) is 2.55. The minimum atomic E-state index is -0.863. The number of aliphatic carboxylic acids is 1. The van der Waals surface area contributed by atoms with Gasteiger partial charge in [-0.05, 0) is 42.8 Å². The predicted octanol–water partition coefficient (Wildman–Crippen LogP) is 4.26. The normalized spacial score (nSPS) is 12.1. The van der Waals surface area contributed by atoms with Crippen molar-refractivity contribution in [1.29, 1.82) is 0 Å². The first-order valence-corrected chi connectivity index (χ1v) is 7.33. The molecule has 116 valence electrons. The Kier molecular flexibility index (Phi) is 4.12. The molecule has 2 aromatic carbocycles. The van der Waals surface area contributed by atoms with E-state index in [1.165, 1.54) is 6.20 Å². The predicted molar refractivity (Wildman–Crippen MR) is 87.1 cm³/mol. The highest BCUT2D eigenvalue weighted by atomic mass is 35.5. The first-order chi connectivity index (χ1) is 11.0. The zero-order valence-electron chi connectivity index (χ0n) is 12.2. The van der Waals surface area contributed by atoms with Crippen LogP contribution in [0.25, 0.3) is 11.0 Å². The fourth-order valence-corrected chi connectivity index (χ4v) is 2.27. The van der Waals surface area contributed by atoms with Gasteiger partial charge in [-0.1, -0.05) is 23.7 Å². The van der Waals surface area contributed by atoms with E-state index in [4.69, 9.17) is 21.4 Å². The molecule has 0 fully saturated rings. The van der Waals surface area contributed by atoms with Gasteiger partial charge in [0.15, 0.2) is 0 Å². The second kappa shape index (κ2) is 6.22. The van der Waals surface area contributed by atoms with Crippen LogP contribution in [0.3, 0.4) is 0 Å². The van der Waals surface area contributed by atoms with Crippen molar-refractivity contribution in [2.75, 3.05) is 0 Å². The smallest absolute Gasteiger partial charge is 0.310 e. The van der Waals surface area contributed by atoms with E-state index in [1.54, 1.807) is 49.4 Å². The van der Waals surface area contributed by atoms with Gasteiger partial charge < -0.3 is 9.84 Å². The molecule has 1 heterocycles. The molecule has 0 aliphatic rings. The molecule has 0 aliphatic carbocycles. The number of carbonyl (C=O) groups is 1. The topological polar surface area (TPSA) is 72.3 Å². The Labute approximate surface area is 137 Å². The van der Waals surface area contributed by atoms with Crippen LogP contribution in [-0.4, -0.2) is 21.0 Å². The van der Waals surface area contributed by atoms with Gasteiger partial charge in [-0.2, -0.15) is 0 Å². The molecule has 23 heavy (non-hydrogen) atoms. The molecule has 0 saturated heterocycles. The molecule has 1 N–H and O–H groups in total. The van der Waals surface area contributed by atoms with Gasteiger partial charge >= 0.3 is 5.97 Å². The van der Waals surface area contributed by atoms with Gasteiger partial charge in [0.05, 0.1) is 23.1 Å². The largest absolute Gasteiger partial charge is 0.481 e. The second-order valence-corrected chi connectivity index (χ2v) is 5.51. The number of nitrogens with zero attached hydrogens (tertiary/aromatic N) is 2. The maximum absolute atomic E-state index is 11.0. The minimum absolute atomic E-state index is 0.360. The van der Waals surface area contributed by atoms with E-state index in [1.807, 2.05) is 0 Å². The summed E-state index contributed by atoms with van der Waals surface area (Å²) in [5.74, 6) is -0.500. The molecule has 6 heteroatoms. The monoisotopic (exact) mass is 328 g/mol. The quantitative estimate of drug-likeness (QED) is 0.774. The zero-order chi connectivity index (χ0) is 16.4. The summed E-state index contributed by atoms with van der Waals surface area (Å²) in [4.78, 5) is 19.6. The summed E-state index contributed by atoms with van der Waals surface area (Å²) in [6.45, 7) is 1.64. The van der Waals surface area contributed by atoms with Crippen molar-refractivity contribution in [3.05, 3.63) is 59.2 Å². The highest BCUT2D eigenvalue weighted by molar-refractivity contribution is 6.31. The highest BCUT2D eigenvalue weighted by Gasteiger charge is 2.13. The number of carboxylic acid groups (broad SMARTS) is 1. The molecule has 0 bridgehead atoms. The van der Waals surface area contributed by atoms with Gasteiger partial charge in [0.1, 0.15) is 5.75 Å². The summed E-state index contributed by atoms with van der Waals surface area (Å²) in [7, 11) is 0. The van der Waals surface area contributed by atoms with E-state index in [0.29, 0.717) is 33.2 Å². The number of hydrogen-bond donors (Lipinski definition) is 1. The number of aromatic nitrogens is 2. The second-order valence-electron chi connectivity index (χ2n) is 5.07. The van der Waals surface area contributed by atoms with Gasteiger partial charge in [0.2, 0.25) is 5.88 Å². The molecule has 3 aromatic rings. The van der Waals surface area contributed by atoms with E-state index in [0.717, 1.165) is 0 Å². The van der Waals surface area contributed by atoms with E-state index in [9.17, 15) is 4.79 Å². The minimum Gasteiger partial charge on any atom is -0.481 e. The third-order valence-corrected chi connectivity index (χ3v) is 3.69. The SMILES string of the molecule is CC(C(=O)O)c1ccc(Oc2cnc3cc(Cl)ccc3n2)cc1. The van der Waals surface area contributed by atoms with Crippen LogP contribution in [0.2, 0.25) is 5.02 Å². The van der Waals surface area contributed by atoms with Crippen molar-refractivity contribution >= 4 is 28.6 Å². The standard InChI is InChI=1S/C17H13ClN2O3/c1-10(17(21)22)11-2-5-13(6-3-11)23-16-9-19-15-8-12(18)4-7-14(15)20-16/h2-10H,1H3,(H,21,22). The molecule has 1 unspecified atom stereocenters. The number of carboxylic acids is 1. The van der Waals surface area contributed by atoms with E-state index < -0.39 is 11.9 Å². The first kappa shape index (κ1) is 15.2. The Bertz CT molecular complexity index is 865. The maximum atomic E-state index is 11.0. The molecule has 0 saturated carbocycles. The number of benzene rings is 2. The van der Waals surface area contributed by atoms with Crippen LogP contribution in [0.15, 0.2) is 48.7 Å². The van der Waals surface area contributed by atoms with Crippen LogP contribution in [0.5, 0.6) is 11.6 Å². The van der Waals surface area contributed by atoms with Crippen LogP contribution in [-0.2, 0) is 4.79 Å². The molecule has 1 aromatic heterocycles. The number of rotatable bonds is 4. The number of halogens is 1. The fourth-order valence-electron chi connectivity index (χ4n) is 2.10. The van der Waals surface area contributed by atoms with Crippen molar-refractivity contribution in [3.63, 3.8) is 0 Å². The van der Waals surface area contributed by atoms with Gasteiger partial charge in [-0.15, -0.1) is 0 Å². The molecule has 5 nitrogen and oxygen atoms in total. The number of ether oxygens (including phenoxy) is 1. The molecular formula is C17H13ClN2O3. The lowest BCUT2D eigenvalue weighted by Crippen LogP contribution is -2.06. The van der Waals surface area contributed by atoms with Crippen LogP contribution in [0.1, 0.15) is 18.4 Å². The summed E-state index contributed by atoms with van der Waals surface area (Å²) in [6, 6.07) is 12.1. The Hall–Kier alpha value is -2.66. The Morgan fingerprint density at radius 2 is 1.91 bits per heavy atom. The summed E-state index contributed by atoms with van der Waals surface area (Å²) in [5.41, 5.74) is 2.09. The zero-order valence-corrected chi connectivity index (χ0v) is 13.0. The molecular weight excluding hydrogens is 316 g/mol. The van der Waals surface area contributed by atoms with Gasteiger partial charge in [0.25, 0.3) is 0 Å². The van der Waals surface area contributed by atoms with E-state index in [-0.39, 0.29) is 0 Å². The lowest BCUT2D eigenvalue weighted by atomic mass is 10.0. The van der Waals surface area contributed by atoms with Gasteiger partial charge in [0, 0.05) is 5.02 Å². The van der Waals surface area contributed by atoms with Crippen molar-refractivity contribution in [2.45, 2.75) is 12.8 Å². The number of hydrogen-bond acceptors (Lipinski definition) is 4. The Morgan fingerprint density at radius 1 is 1.17 bits per heavy atom. The average molecular weight is 329 g/mol. The van der Waals surface area contributed by atoms with Crippen LogP contribution < -0.4 is 4.74 Å². The molecule has 0 radical (unpaired) electrons. The third kappa shape index (κ3) is 3.40. The van der Waals surface area contributed by atoms with E-state index >= 15 is 0 Å². The maximum Gasteiger partial charge on any atom is 0.310 e. The Balaban J connectivity index is 1.81. The van der Waals surface area contributed by atoms with Crippen LogP contribution in [0.4, 0.5) is 0 Å². The van der Waals surface area contributed by atoms with Gasteiger partial charge in [-0.25, -0.2) is 9.97 Å². The Morgan fingerprint density at radius 3 is 2.61 bits per heavy atom. The summed E-state index contributed by atoms with van der Waals surface area (Å²) < 4.78 is 5.66. The first-order valence-electron chi connectivity index (χ1n) is 6.96. The fraction of sp³-hybridized carbons (Fsp3) is 0.118. The molecule has 3 rings (SSSR count). The third-order valence-electron chi connectivity index (χ3n) is 3.46. The molecule has 0 spiro atoms. The lowest BCUT2D eigenvalue weighted by Gasteiger charge is -2.09. The van der Waals surface area contributed by atoms with E-state index in [2.05, 4.69) is 9.97 Å². The van der Waals surface area contributed by atoms with Crippen molar-refractivity contribution < 1.29 is 14.6 Å². The summed E-state index contributed by atoms with van der Waals surface area (Å²) in [5, 5.41) is 9.60. The summed E-state index contributed by atoms with van der Waals surface area (Å²) >= 11 is 5.91. The van der Waals surface area contributed by atoms with Crippen molar-refractivity contribution in [3.8, 4) is 11.6 Å². The lowest BCUT2D eigenvalue weighted by molar-refractivity contribution is -0.138. The molecule has 1 atom stereocenters. The van der Waals surface area contributed by atoms with Crippen molar-refractivity contribution in [1.82, 2.24) is 9.97 Å². The van der Waals surface area contributed by atoms with Crippen LogP contribution in [0, 0.1) is 0 Å². The van der Waals surface area contributed by atoms with Gasteiger partial charge in [-0.3, -0.25) is 4.79 Å². The van der Waals surface area contributed by atoms with Crippen molar-refractivity contribution in [2.24, 2.45) is 0 Å². The van der Waals surface area contributed by atoms with Crippen LogP contribution >= 0.6 is 11.6 Å². The highest BCUT2D eigenvalue weighted by Crippen LogP contribution is 2.24. The molecule has 0 amide bonds. The molecule has 0 aliphatic heterocycles.